The maximum Gasteiger partial charge on any atom is 0.270 e. The third-order valence-corrected chi connectivity index (χ3v) is 1.93. The Morgan fingerprint density at radius 1 is 1.69 bits per heavy atom. The highest BCUT2D eigenvalue weighted by molar-refractivity contribution is 6.05. The van der Waals surface area contributed by atoms with E-state index in [1.165, 1.54) is 10.9 Å². The minimum absolute atomic E-state index is 0.178. The van der Waals surface area contributed by atoms with Gasteiger partial charge in [0.15, 0.2) is 0 Å². The van der Waals surface area contributed by atoms with Crippen LogP contribution in [0.2, 0.25) is 0 Å². The first kappa shape index (κ1) is 7.78. The van der Waals surface area contributed by atoms with Gasteiger partial charge in [-0.15, -0.1) is 0 Å². The summed E-state index contributed by atoms with van der Waals surface area (Å²) in [5.74, 6) is -0.921. The van der Waals surface area contributed by atoms with Crippen molar-refractivity contribution in [3.63, 3.8) is 0 Å². The third-order valence-electron chi connectivity index (χ3n) is 1.93. The molecule has 0 radical (unpaired) electrons. The van der Waals surface area contributed by atoms with Gasteiger partial charge >= 0.3 is 0 Å². The summed E-state index contributed by atoms with van der Waals surface area (Å²) < 4.78 is 1.49. The number of carbonyl (C=O) groups excluding carboxylic acids is 2. The Morgan fingerprint density at radius 3 is 3.15 bits per heavy atom. The zero-order chi connectivity index (χ0) is 9.42. The number of aromatic nitrogens is 2. The van der Waals surface area contributed by atoms with E-state index in [-0.39, 0.29) is 17.2 Å². The number of hydrogen-bond donors (Lipinski definition) is 2. The lowest BCUT2D eigenvalue weighted by Crippen LogP contribution is -2.37. The molecule has 1 aromatic rings. The Balaban J connectivity index is 2.56. The summed E-state index contributed by atoms with van der Waals surface area (Å²) >= 11 is 0. The summed E-state index contributed by atoms with van der Waals surface area (Å²) in [5, 5.41) is 6.50. The van der Waals surface area contributed by atoms with E-state index >= 15 is 0 Å². The van der Waals surface area contributed by atoms with E-state index in [1.54, 1.807) is 0 Å². The second kappa shape index (κ2) is 2.58. The van der Waals surface area contributed by atoms with Crippen LogP contribution in [0.15, 0.2) is 6.20 Å². The van der Waals surface area contributed by atoms with Crippen molar-refractivity contribution in [1.82, 2.24) is 15.1 Å². The minimum atomic E-state index is -0.627. The largest absolute Gasteiger partial charge is 0.365 e. The summed E-state index contributed by atoms with van der Waals surface area (Å²) in [6.45, 7) is 1.11. The molecule has 1 aliphatic rings. The van der Waals surface area contributed by atoms with E-state index in [0.717, 1.165) is 0 Å². The van der Waals surface area contributed by atoms with Crippen molar-refractivity contribution in [2.24, 2.45) is 5.73 Å². The topological polar surface area (TPSA) is 90.0 Å². The van der Waals surface area contributed by atoms with Crippen LogP contribution in [0.1, 0.15) is 20.8 Å². The van der Waals surface area contributed by atoms with Gasteiger partial charge in [-0.1, -0.05) is 0 Å². The van der Waals surface area contributed by atoms with Gasteiger partial charge in [-0.25, -0.2) is 0 Å². The minimum Gasteiger partial charge on any atom is -0.365 e. The molecule has 2 rings (SSSR count). The highest BCUT2D eigenvalue weighted by atomic mass is 16.2. The molecule has 6 heteroatoms. The normalized spacial score (nSPS) is 14.9. The van der Waals surface area contributed by atoms with E-state index in [0.29, 0.717) is 13.1 Å². The molecule has 1 aliphatic heterocycles. The lowest BCUT2D eigenvalue weighted by Gasteiger charge is -2.14. The second-order valence-corrected chi connectivity index (χ2v) is 2.75. The quantitative estimate of drug-likeness (QED) is 0.564. The van der Waals surface area contributed by atoms with E-state index < -0.39 is 5.91 Å². The van der Waals surface area contributed by atoms with Crippen LogP contribution in [0.4, 0.5) is 0 Å². The monoisotopic (exact) mass is 180 g/mol. The maximum atomic E-state index is 11.3. The zero-order valence-electron chi connectivity index (χ0n) is 6.78. The number of nitrogens with one attached hydrogen (secondary N) is 1. The van der Waals surface area contributed by atoms with Gasteiger partial charge in [-0.05, 0) is 0 Å². The molecule has 0 aromatic carbocycles. The maximum absolute atomic E-state index is 11.3. The van der Waals surface area contributed by atoms with Gasteiger partial charge in [0.1, 0.15) is 5.69 Å². The van der Waals surface area contributed by atoms with Crippen LogP contribution in [0.3, 0.4) is 0 Å². The fourth-order valence-corrected chi connectivity index (χ4v) is 1.33. The van der Waals surface area contributed by atoms with Crippen LogP contribution < -0.4 is 11.1 Å². The fourth-order valence-electron chi connectivity index (χ4n) is 1.33. The van der Waals surface area contributed by atoms with Crippen molar-refractivity contribution in [3.8, 4) is 0 Å². The van der Waals surface area contributed by atoms with Crippen molar-refractivity contribution in [2.45, 2.75) is 6.54 Å². The lowest BCUT2D eigenvalue weighted by atomic mass is 10.2. The average molecular weight is 180 g/mol. The summed E-state index contributed by atoms with van der Waals surface area (Å²) in [7, 11) is 0. The Kier molecular flexibility index (Phi) is 1.54. The fraction of sp³-hybridized carbons (Fsp3) is 0.286. The first-order chi connectivity index (χ1) is 6.20. The second-order valence-electron chi connectivity index (χ2n) is 2.75. The first-order valence-corrected chi connectivity index (χ1v) is 3.84. The van der Waals surface area contributed by atoms with E-state index in [1.807, 2.05) is 0 Å². The molecular weight excluding hydrogens is 172 g/mol. The van der Waals surface area contributed by atoms with Crippen molar-refractivity contribution in [1.29, 1.82) is 0 Å². The molecular formula is C7H8N4O2. The van der Waals surface area contributed by atoms with Gasteiger partial charge in [-0.2, -0.15) is 5.10 Å². The Morgan fingerprint density at radius 2 is 2.46 bits per heavy atom. The third kappa shape index (κ3) is 1.07. The van der Waals surface area contributed by atoms with Gasteiger partial charge in [0, 0.05) is 6.54 Å². The molecule has 68 valence electrons. The number of nitrogens with zero attached hydrogens (tertiary/aromatic N) is 2. The Hall–Kier alpha value is -1.85. The number of amides is 2. The van der Waals surface area contributed by atoms with Crippen LogP contribution in [0.5, 0.6) is 0 Å². The van der Waals surface area contributed by atoms with Crippen molar-refractivity contribution >= 4 is 11.8 Å². The average Bonchev–Trinajstić information content (AvgIpc) is 2.49. The molecule has 0 saturated carbocycles. The predicted molar refractivity (Wildman–Crippen MR) is 43.1 cm³/mol. The standard InChI is InChI=1S/C7H8N4O2/c8-6(12)4-3-10-11-2-1-9-7(13)5(4)11/h3H,1-2H2,(H2,8,12)(H,9,13). The molecule has 6 nitrogen and oxygen atoms in total. The molecule has 0 spiro atoms. The van der Waals surface area contributed by atoms with Gasteiger partial charge in [0.05, 0.1) is 18.3 Å². The highest BCUT2D eigenvalue weighted by Crippen LogP contribution is 2.10. The molecule has 1 aromatic heterocycles. The number of nitrogens with two attached hydrogens (primary N) is 1. The van der Waals surface area contributed by atoms with Crippen LogP contribution in [0, 0.1) is 0 Å². The van der Waals surface area contributed by atoms with Gasteiger partial charge in [0.2, 0.25) is 0 Å². The van der Waals surface area contributed by atoms with Crippen LogP contribution in [-0.4, -0.2) is 28.1 Å². The van der Waals surface area contributed by atoms with Gasteiger partial charge in [0.25, 0.3) is 11.8 Å². The molecule has 3 N–H and O–H groups in total. The van der Waals surface area contributed by atoms with E-state index in [4.69, 9.17) is 5.73 Å². The molecule has 2 amide bonds. The number of rotatable bonds is 1. The molecule has 0 atom stereocenters. The van der Waals surface area contributed by atoms with Crippen molar-refractivity contribution in [3.05, 3.63) is 17.5 Å². The molecule has 0 unspecified atom stereocenters. The molecule has 13 heavy (non-hydrogen) atoms. The summed E-state index contributed by atoms with van der Waals surface area (Å²) in [6.07, 6.45) is 1.32. The summed E-state index contributed by atoms with van der Waals surface area (Å²) in [4.78, 5) is 22.2. The molecule has 0 fully saturated rings. The molecule has 0 aliphatic carbocycles. The first-order valence-electron chi connectivity index (χ1n) is 3.84. The SMILES string of the molecule is NC(=O)c1cnn2c1C(=O)NCC2. The van der Waals surface area contributed by atoms with Crippen molar-refractivity contribution < 1.29 is 9.59 Å². The summed E-state index contributed by atoms with van der Waals surface area (Å²) in [6, 6.07) is 0. The Labute approximate surface area is 73.7 Å². The van der Waals surface area contributed by atoms with E-state index in [9.17, 15) is 9.59 Å². The predicted octanol–water partition coefficient (Wildman–Crippen LogP) is -1.27. The lowest BCUT2D eigenvalue weighted by molar-refractivity contribution is 0.0910. The zero-order valence-corrected chi connectivity index (χ0v) is 6.78. The molecule has 0 saturated heterocycles. The number of fused-ring (bicyclic) bond motifs is 1. The smallest absolute Gasteiger partial charge is 0.270 e. The number of hydrogen-bond acceptors (Lipinski definition) is 3. The van der Waals surface area contributed by atoms with Gasteiger partial charge < -0.3 is 11.1 Å². The number of carbonyl (C=O) groups is 2. The van der Waals surface area contributed by atoms with Gasteiger partial charge in [-0.3, -0.25) is 14.3 Å². The molecule has 0 bridgehead atoms. The van der Waals surface area contributed by atoms with Crippen molar-refractivity contribution in [2.75, 3.05) is 6.54 Å². The van der Waals surface area contributed by atoms with Crippen LogP contribution in [0.25, 0.3) is 0 Å². The number of primary amides is 1. The van der Waals surface area contributed by atoms with Crippen LogP contribution >= 0.6 is 0 Å². The molecule has 2 heterocycles. The highest BCUT2D eigenvalue weighted by Gasteiger charge is 2.24. The van der Waals surface area contributed by atoms with E-state index in [2.05, 4.69) is 10.4 Å². The van der Waals surface area contributed by atoms with Crippen LogP contribution in [-0.2, 0) is 6.54 Å². The Bertz CT molecular complexity index is 382. The summed E-state index contributed by atoms with van der Waals surface area (Å²) in [5.41, 5.74) is 5.51.